The first kappa shape index (κ1) is 22.7. The molecule has 5 aromatic heterocycles. The van der Waals surface area contributed by atoms with Gasteiger partial charge in [-0.05, 0) is 67.4 Å². The summed E-state index contributed by atoms with van der Waals surface area (Å²) in [6.07, 6.45) is 13.1. The number of aromatic nitrogens is 6. The van der Waals surface area contributed by atoms with Crippen molar-refractivity contribution in [2.45, 2.75) is 25.8 Å². The predicted molar refractivity (Wildman–Crippen MR) is 147 cm³/mol. The summed E-state index contributed by atoms with van der Waals surface area (Å²) in [5, 5.41) is 9.70. The molecule has 0 radical (unpaired) electrons. The van der Waals surface area contributed by atoms with E-state index >= 15 is 0 Å². The first-order chi connectivity index (χ1) is 18.7. The van der Waals surface area contributed by atoms with Crippen LogP contribution in [0.25, 0.3) is 55.6 Å². The first-order valence-corrected chi connectivity index (χ1v) is 12.9. The maximum atomic E-state index is 13.5. The predicted octanol–water partition coefficient (Wildman–Crippen LogP) is 6.36. The smallest absolute Gasteiger partial charge is 0.123 e. The molecule has 2 N–H and O–H groups in total. The van der Waals surface area contributed by atoms with Gasteiger partial charge in [0.25, 0.3) is 0 Å². The second-order valence-corrected chi connectivity index (χ2v) is 9.94. The molecule has 188 valence electrons. The maximum absolute atomic E-state index is 13.5. The van der Waals surface area contributed by atoms with Gasteiger partial charge in [0.15, 0.2) is 0 Å². The second-order valence-electron chi connectivity index (χ2n) is 9.94. The van der Waals surface area contributed by atoms with Gasteiger partial charge in [-0.25, -0.2) is 4.39 Å². The van der Waals surface area contributed by atoms with Crippen LogP contribution in [0.5, 0.6) is 0 Å². The summed E-state index contributed by atoms with van der Waals surface area (Å²) in [4.78, 5) is 19.6. The number of piperidine rings is 1. The van der Waals surface area contributed by atoms with Crippen LogP contribution in [0.4, 0.5) is 4.39 Å². The highest BCUT2D eigenvalue weighted by Crippen LogP contribution is 2.34. The molecule has 1 saturated heterocycles. The van der Waals surface area contributed by atoms with Crippen molar-refractivity contribution < 1.29 is 4.39 Å². The molecule has 0 spiro atoms. The van der Waals surface area contributed by atoms with Crippen molar-refractivity contribution in [3.8, 4) is 33.8 Å². The molecule has 38 heavy (non-hydrogen) atoms. The molecule has 0 aliphatic carbocycles. The molecule has 7 rings (SSSR count). The number of halogens is 1. The zero-order valence-corrected chi connectivity index (χ0v) is 20.8. The lowest BCUT2D eigenvalue weighted by Crippen LogP contribution is -2.29. The van der Waals surface area contributed by atoms with Crippen LogP contribution in [0.3, 0.4) is 0 Å². The summed E-state index contributed by atoms with van der Waals surface area (Å²) >= 11 is 0. The number of pyridine rings is 3. The summed E-state index contributed by atoms with van der Waals surface area (Å²) in [5.41, 5.74) is 8.33. The Balaban J connectivity index is 1.25. The molecular formula is C30H26FN7. The van der Waals surface area contributed by atoms with Gasteiger partial charge in [-0.1, -0.05) is 18.6 Å². The van der Waals surface area contributed by atoms with Crippen LogP contribution < -0.4 is 0 Å². The van der Waals surface area contributed by atoms with Gasteiger partial charge in [0.05, 0.1) is 34.8 Å². The topological polar surface area (TPSA) is 86.4 Å². The number of fused-ring (bicyclic) bond motifs is 2. The first-order valence-electron chi connectivity index (χ1n) is 12.9. The molecular weight excluding hydrogens is 477 g/mol. The summed E-state index contributed by atoms with van der Waals surface area (Å²) < 4.78 is 13.5. The number of benzene rings is 1. The van der Waals surface area contributed by atoms with Gasteiger partial charge in [-0.2, -0.15) is 5.10 Å². The number of likely N-dealkylation sites (tertiary alicyclic amines) is 1. The highest BCUT2D eigenvalue weighted by Gasteiger charge is 2.16. The zero-order valence-electron chi connectivity index (χ0n) is 20.8. The van der Waals surface area contributed by atoms with E-state index in [1.165, 1.54) is 37.0 Å². The molecule has 1 fully saturated rings. The SMILES string of the molecule is Fc1ccc(-c2cncc3[nH]c(-c4n[nH]c5cnc(-c6cncc(CN7CCCCC7)c6)cc45)cc23)cc1. The van der Waals surface area contributed by atoms with E-state index in [9.17, 15) is 4.39 Å². The van der Waals surface area contributed by atoms with Gasteiger partial charge in [-0.3, -0.25) is 25.0 Å². The molecule has 1 aliphatic heterocycles. The molecule has 1 aliphatic rings. The molecule has 0 saturated carbocycles. The fourth-order valence-corrected chi connectivity index (χ4v) is 5.41. The van der Waals surface area contributed by atoms with Crippen LogP contribution >= 0.6 is 0 Å². The van der Waals surface area contributed by atoms with Crippen LogP contribution in [0.2, 0.25) is 0 Å². The van der Waals surface area contributed by atoms with E-state index in [4.69, 9.17) is 4.98 Å². The van der Waals surface area contributed by atoms with Gasteiger partial charge < -0.3 is 4.98 Å². The summed E-state index contributed by atoms with van der Waals surface area (Å²) in [7, 11) is 0. The fraction of sp³-hybridized carbons (Fsp3) is 0.200. The van der Waals surface area contributed by atoms with E-state index in [1.807, 2.05) is 24.8 Å². The quantitative estimate of drug-likeness (QED) is 0.286. The lowest BCUT2D eigenvalue weighted by atomic mass is 10.0. The summed E-state index contributed by atoms with van der Waals surface area (Å²) in [6.45, 7) is 3.21. The molecule has 8 heteroatoms. The molecule has 6 aromatic rings. The number of H-pyrrole nitrogens is 2. The highest BCUT2D eigenvalue weighted by atomic mass is 19.1. The minimum absolute atomic E-state index is 0.261. The molecule has 1 aromatic carbocycles. The minimum atomic E-state index is -0.261. The van der Waals surface area contributed by atoms with E-state index in [-0.39, 0.29) is 5.82 Å². The number of nitrogens with one attached hydrogen (secondary N) is 2. The van der Waals surface area contributed by atoms with Gasteiger partial charge in [-0.15, -0.1) is 0 Å². The van der Waals surface area contributed by atoms with Crippen molar-refractivity contribution in [2.24, 2.45) is 0 Å². The second kappa shape index (κ2) is 9.46. The Morgan fingerprint density at radius 3 is 2.50 bits per heavy atom. The van der Waals surface area contributed by atoms with Crippen molar-refractivity contribution in [2.75, 3.05) is 13.1 Å². The van der Waals surface area contributed by atoms with Crippen LogP contribution in [0.15, 0.2) is 73.4 Å². The standard InChI is InChI=1S/C30H26FN7/c31-22-6-4-20(5-7-22)25-15-33-16-28-23(25)11-27(35-28)30-24-12-26(34-17-29(24)36-37-30)21-10-19(13-32-14-21)18-38-8-2-1-3-9-38/h4-7,10-17,35H,1-3,8-9,18H2,(H,36,37). The average Bonchev–Trinajstić information content (AvgIpc) is 3.58. The molecule has 0 amide bonds. The molecule has 0 unspecified atom stereocenters. The Kier molecular flexibility index (Phi) is 5.66. The van der Waals surface area contributed by atoms with Crippen molar-refractivity contribution >= 4 is 21.8 Å². The fourth-order valence-electron chi connectivity index (χ4n) is 5.41. The summed E-state index contributed by atoms with van der Waals surface area (Å²) in [6, 6.07) is 12.8. The molecule has 6 heterocycles. The molecule has 0 bridgehead atoms. The third kappa shape index (κ3) is 4.22. The summed E-state index contributed by atoms with van der Waals surface area (Å²) in [5.74, 6) is -0.261. The zero-order chi connectivity index (χ0) is 25.5. The van der Waals surface area contributed by atoms with Crippen LogP contribution in [-0.2, 0) is 6.54 Å². The van der Waals surface area contributed by atoms with Crippen LogP contribution in [0.1, 0.15) is 24.8 Å². The lowest BCUT2D eigenvalue weighted by Gasteiger charge is -2.26. The Morgan fingerprint density at radius 2 is 1.63 bits per heavy atom. The van der Waals surface area contributed by atoms with Crippen LogP contribution in [0, 0.1) is 5.82 Å². The Hall–Kier alpha value is -4.43. The molecule has 0 atom stereocenters. The maximum Gasteiger partial charge on any atom is 0.123 e. The Bertz CT molecular complexity index is 1750. The number of hydrogen-bond donors (Lipinski definition) is 2. The van der Waals surface area contributed by atoms with Crippen molar-refractivity contribution in [1.82, 2.24) is 35.0 Å². The van der Waals surface area contributed by atoms with E-state index in [1.54, 1.807) is 18.3 Å². The molecule has 7 nitrogen and oxygen atoms in total. The van der Waals surface area contributed by atoms with Crippen molar-refractivity contribution in [3.63, 3.8) is 0 Å². The normalized spacial score (nSPS) is 14.4. The van der Waals surface area contributed by atoms with E-state index < -0.39 is 0 Å². The van der Waals surface area contributed by atoms with Crippen molar-refractivity contribution in [3.05, 3.63) is 84.8 Å². The third-order valence-electron chi connectivity index (χ3n) is 7.35. The Morgan fingerprint density at radius 1 is 0.789 bits per heavy atom. The van der Waals surface area contributed by atoms with Gasteiger partial charge >= 0.3 is 0 Å². The van der Waals surface area contributed by atoms with Crippen LogP contribution in [-0.4, -0.2) is 48.1 Å². The lowest BCUT2D eigenvalue weighted by molar-refractivity contribution is 0.220. The number of nitrogens with zero attached hydrogens (tertiary/aromatic N) is 5. The number of hydrogen-bond acceptors (Lipinski definition) is 5. The largest absolute Gasteiger partial charge is 0.352 e. The number of aromatic amines is 2. The van der Waals surface area contributed by atoms with E-state index in [2.05, 4.69) is 48.2 Å². The average molecular weight is 504 g/mol. The van der Waals surface area contributed by atoms with E-state index in [0.717, 1.165) is 75.2 Å². The van der Waals surface area contributed by atoms with E-state index in [0.29, 0.717) is 0 Å². The highest BCUT2D eigenvalue weighted by molar-refractivity contribution is 6.01. The van der Waals surface area contributed by atoms with Crippen molar-refractivity contribution in [1.29, 1.82) is 0 Å². The number of rotatable bonds is 5. The van der Waals surface area contributed by atoms with Gasteiger partial charge in [0, 0.05) is 47.0 Å². The Labute approximate surface area is 218 Å². The van der Waals surface area contributed by atoms with Gasteiger partial charge in [0.2, 0.25) is 0 Å². The monoisotopic (exact) mass is 503 g/mol. The third-order valence-corrected chi connectivity index (χ3v) is 7.35. The van der Waals surface area contributed by atoms with Gasteiger partial charge in [0.1, 0.15) is 11.5 Å². The minimum Gasteiger partial charge on any atom is -0.352 e.